The number of nitrogens with zero attached hydrogens (tertiary/aromatic N) is 2. The van der Waals surface area contributed by atoms with Crippen LogP contribution >= 0.6 is 11.3 Å². The molecule has 150 valence electrons. The van der Waals surface area contributed by atoms with Gasteiger partial charge in [0.1, 0.15) is 18.2 Å². The molecule has 0 bridgehead atoms. The maximum Gasteiger partial charge on any atom is 0.258 e. The second-order valence-corrected chi connectivity index (χ2v) is 7.63. The monoisotopic (exact) mass is 418 g/mol. The van der Waals surface area contributed by atoms with E-state index in [2.05, 4.69) is 15.3 Å². The number of hydrogen-bond donors (Lipinski definition) is 3. The van der Waals surface area contributed by atoms with Crippen LogP contribution in [0.5, 0.6) is 0 Å². The molecule has 4 N–H and O–H groups in total. The number of fused-ring (bicyclic) bond motifs is 1. The summed E-state index contributed by atoms with van der Waals surface area (Å²) >= 11 is 1.30. The maximum absolute atomic E-state index is 12.8. The number of carbonyl (C=O) groups excluding carboxylic acids is 2. The summed E-state index contributed by atoms with van der Waals surface area (Å²) < 4.78 is 0.647. The molecule has 0 aliphatic carbocycles. The molecule has 0 saturated carbocycles. The number of thiophene rings is 1. The minimum atomic E-state index is -1.28. The largest absolute Gasteiger partial charge is 0.382 e. The van der Waals surface area contributed by atoms with Crippen LogP contribution in [0.2, 0.25) is 0 Å². The number of ketones is 1. The van der Waals surface area contributed by atoms with Crippen LogP contribution in [0.3, 0.4) is 0 Å². The lowest BCUT2D eigenvalue weighted by Gasteiger charge is -2.13. The zero-order valence-electron chi connectivity index (χ0n) is 16.0. The highest BCUT2D eigenvalue weighted by Crippen LogP contribution is 2.29. The van der Waals surface area contributed by atoms with E-state index < -0.39 is 11.9 Å². The van der Waals surface area contributed by atoms with Crippen molar-refractivity contribution in [2.45, 2.75) is 13.0 Å². The van der Waals surface area contributed by atoms with Gasteiger partial charge in [-0.3, -0.25) is 9.59 Å². The maximum atomic E-state index is 12.8. The van der Waals surface area contributed by atoms with Crippen molar-refractivity contribution >= 4 is 44.7 Å². The Morgan fingerprint density at radius 2 is 1.90 bits per heavy atom. The average molecular weight is 418 g/mol. The van der Waals surface area contributed by atoms with Crippen molar-refractivity contribution in [2.24, 2.45) is 0 Å². The van der Waals surface area contributed by atoms with Crippen LogP contribution in [0.15, 0.2) is 60.2 Å². The van der Waals surface area contributed by atoms with Crippen molar-refractivity contribution in [1.82, 2.24) is 9.97 Å². The van der Waals surface area contributed by atoms with Crippen molar-refractivity contribution < 1.29 is 14.7 Å². The predicted octanol–water partition coefficient (Wildman–Crippen LogP) is 3.75. The van der Waals surface area contributed by atoms with Gasteiger partial charge in [0, 0.05) is 16.6 Å². The number of hydrogen-bond acceptors (Lipinski definition) is 7. The zero-order chi connectivity index (χ0) is 21.3. The predicted molar refractivity (Wildman–Crippen MR) is 117 cm³/mol. The number of Topliss-reactive ketones (excluding diaryl/α,β-unsaturated/α-hetero) is 1. The highest BCUT2D eigenvalue weighted by atomic mass is 32.1. The lowest BCUT2D eigenvalue weighted by atomic mass is 9.98. The number of aromatic nitrogens is 2. The van der Waals surface area contributed by atoms with Crippen molar-refractivity contribution in [3.63, 3.8) is 0 Å². The molecule has 1 amide bonds. The van der Waals surface area contributed by atoms with E-state index in [4.69, 9.17) is 5.73 Å². The Labute approximate surface area is 176 Å². The van der Waals surface area contributed by atoms with Gasteiger partial charge in [-0.15, -0.1) is 11.3 Å². The molecule has 4 aromatic rings. The van der Waals surface area contributed by atoms with E-state index in [1.807, 2.05) is 13.0 Å². The Kier molecular flexibility index (Phi) is 5.26. The number of benzene rings is 2. The van der Waals surface area contributed by atoms with E-state index >= 15 is 0 Å². The minimum Gasteiger partial charge on any atom is -0.382 e. The Morgan fingerprint density at radius 1 is 1.13 bits per heavy atom. The van der Waals surface area contributed by atoms with Crippen molar-refractivity contribution in [3.05, 3.63) is 82.5 Å². The van der Waals surface area contributed by atoms with E-state index in [0.717, 1.165) is 5.56 Å². The third-order valence-corrected chi connectivity index (χ3v) is 5.75. The first-order valence-electron chi connectivity index (χ1n) is 9.12. The quantitative estimate of drug-likeness (QED) is 0.425. The smallest absolute Gasteiger partial charge is 0.258 e. The highest BCUT2D eigenvalue weighted by molar-refractivity contribution is 7.18. The average Bonchev–Trinajstić information content (AvgIpc) is 3.20. The van der Waals surface area contributed by atoms with E-state index in [-0.39, 0.29) is 5.91 Å². The summed E-state index contributed by atoms with van der Waals surface area (Å²) in [6, 6.07) is 13.6. The van der Waals surface area contributed by atoms with Gasteiger partial charge in [-0.05, 0) is 24.1 Å². The molecule has 2 aromatic carbocycles. The van der Waals surface area contributed by atoms with E-state index in [9.17, 15) is 14.7 Å². The fourth-order valence-corrected chi connectivity index (χ4v) is 3.98. The lowest BCUT2D eigenvalue weighted by Crippen LogP contribution is -2.15. The number of rotatable bonds is 5. The lowest BCUT2D eigenvalue weighted by molar-refractivity contribution is 0.0747. The second-order valence-electron chi connectivity index (χ2n) is 6.75. The number of nitrogens with two attached hydrogens (primary N) is 1. The number of aliphatic hydroxyl groups is 1. The van der Waals surface area contributed by atoms with Crippen LogP contribution in [-0.4, -0.2) is 26.8 Å². The first-order chi connectivity index (χ1) is 14.5. The molecule has 0 aliphatic heterocycles. The van der Waals surface area contributed by atoms with Crippen LogP contribution in [0.1, 0.15) is 37.9 Å². The van der Waals surface area contributed by atoms with Gasteiger partial charge in [-0.1, -0.05) is 42.5 Å². The molecular weight excluding hydrogens is 400 g/mol. The number of carbonyl (C=O) groups is 2. The zero-order valence-corrected chi connectivity index (χ0v) is 16.8. The normalized spacial score (nSPS) is 11.9. The molecule has 0 spiro atoms. The van der Waals surface area contributed by atoms with Crippen LogP contribution in [-0.2, 0) is 0 Å². The molecule has 2 aromatic heterocycles. The molecule has 8 heteroatoms. The standard InChI is InChI=1S/C22H18N4O3S/c1-12-7-8-14(19(28)18(27)13-5-3-2-4-6-13)9-16(12)26-22(29)15-10-30-20-17(15)24-11-25-21(20)23/h2-11,18,27H,1H3,(H,26,29)(H2,23,24,25). The van der Waals surface area contributed by atoms with E-state index in [1.165, 1.54) is 17.7 Å². The minimum absolute atomic E-state index is 0.300. The van der Waals surface area contributed by atoms with Gasteiger partial charge in [-0.2, -0.15) is 0 Å². The van der Waals surface area contributed by atoms with Gasteiger partial charge in [0.05, 0.1) is 15.8 Å². The number of nitrogens with one attached hydrogen (secondary N) is 1. The van der Waals surface area contributed by atoms with Crippen LogP contribution < -0.4 is 11.1 Å². The Hall–Kier alpha value is -3.62. The SMILES string of the molecule is Cc1ccc(C(=O)C(O)c2ccccc2)cc1NC(=O)c1csc2c(N)ncnc12. The van der Waals surface area contributed by atoms with Gasteiger partial charge < -0.3 is 16.2 Å². The molecule has 0 radical (unpaired) electrons. The number of aliphatic hydroxyl groups excluding tert-OH is 1. The van der Waals surface area contributed by atoms with Gasteiger partial charge in [0.25, 0.3) is 5.91 Å². The van der Waals surface area contributed by atoms with Crippen LogP contribution in [0.25, 0.3) is 10.2 Å². The number of aryl methyl sites for hydroxylation is 1. The third-order valence-electron chi connectivity index (χ3n) is 4.76. The van der Waals surface area contributed by atoms with Crippen LogP contribution in [0.4, 0.5) is 11.5 Å². The third kappa shape index (κ3) is 3.66. The topological polar surface area (TPSA) is 118 Å². The summed E-state index contributed by atoms with van der Waals surface area (Å²) in [4.78, 5) is 33.7. The van der Waals surface area contributed by atoms with E-state index in [0.29, 0.717) is 38.4 Å². The summed E-state index contributed by atoms with van der Waals surface area (Å²) in [6.45, 7) is 1.82. The van der Waals surface area contributed by atoms with Gasteiger partial charge in [0.15, 0.2) is 5.78 Å². The molecular formula is C22H18N4O3S. The number of amides is 1. The summed E-state index contributed by atoms with van der Waals surface area (Å²) in [6.07, 6.45) is 0.0365. The fourth-order valence-electron chi connectivity index (χ4n) is 3.07. The van der Waals surface area contributed by atoms with Crippen molar-refractivity contribution in [2.75, 3.05) is 11.1 Å². The summed E-state index contributed by atoms with van der Waals surface area (Å²) in [7, 11) is 0. The first-order valence-corrected chi connectivity index (χ1v) is 10.0. The molecule has 4 rings (SSSR count). The van der Waals surface area contributed by atoms with E-state index in [1.54, 1.807) is 47.8 Å². The summed E-state index contributed by atoms with van der Waals surface area (Å²) in [5.41, 5.74) is 8.77. The molecule has 2 heterocycles. The Morgan fingerprint density at radius 3 is 2.67 bits per heavy atom. The summed E-state index contributed by atoms with van der Waals surface area (Å²) in [5.74, 6) is -0.489. The van der Waals surface area contributed by atoms with Crippen molar-refractivity contribution in [1.29, 1.82) is 0 Å². The molecule has 0 saturated heterocycles. The fraction of sp³-hybridized carbons (Fsp3) is 0.0909. The molecule has 1 atom stereocenters. The van der Waals surface area contributed by atoms with Gasteiger partial charge >= 0.3 is 0 Å². The van der Waals surface area contributed by atoms with Gasteiger partial charge in [-0.25, -0.2) is 9.97 Å². The highest BCUT2D eigenvalue weighted by Gasteiger charge is 2.21. The molecule has 0 fully saturated rings. The van der Waals surface area contributed by atoms with Crippen molar-refractivity contribution in [3.8, 4) is 0 Å². The first kappa shape index (κ1) is 19.7. The second kappa shape index (κ2) is 8.02. The molecule has 1 unspecified atom stereocenters. The van der Waals surface area contributed by atoms with Crippen LogP contribution in [0, 0.1) is 6.92 Å². The molecule has 7 nitrogen and oxygen atoms in total. The molecule has 0 aliphatic rings. The summed E-state index contributed by atoms with van der Waals surface area (Å²) in [5, 5.41) is 14.9. The Balaban J connectivity index is 1.61. The van der Waals surface area contributed by atoms with Gasteiger partial charge in [0.2, 0.25) is 0 Å². The number of anilines is 2. The molecule has 30 heavy (non-hydrogen) atoms. The Bertz CT molecular complexity index is 1250. The number of nitrogen functional groups attached to an aromatic ring is 1.